The first-order valence-corrected chi connectivity index (χ1v) is 5.82. The monoisotopic (exact) mass is 249 g/mol. The molecule has 1 fully saturated rings. The van der Waals surface area contributed by atoms with Crippen molar-refractivity contribution in [2.45, 2.75) is 18.9 Å². The molecule has 6 nitrogen and oxygen atoms in total. The second-order valence-electron chi connectivity index (χ2n) is 4.36. The van der Waals surface area contributed by atoms with Gasteiger partial charge in [0.2, 0.25) is 0 Å². The highest BCUT2D eigenvalue weighted by Gasteiger charge is 2.22. The van der Waals surface area contributed by atoms with Crippen molar-refractivity contribution in [3.05, 3.63) is 29.6 Å². The fourth-order valence-electron chi connectivity index (χ4n) is 1.97. The molecule has 1 amide bonds. The maximum absolute atomic E-state index is 12.1. The van der Waals surface area contributed by atoms with E-state index in [-0.39, 0.29) is 17.6 Å². The third-order valence-corrected chi connectivity index (χ3v) is 3.05. The SMILES string of the molecule is NC1CCN(C(=O)c2ccnc(C(=O)O)c2)CC1. The van der Waals surface area contributed by atoms with Crippen LogP contribution in [0.5, 0.6) is 0 Å². The van der Waals surface area contributed by atoms with E-state index in [1.165, 1.54) is 18.3 Å². The predicted octanol–water partition coefficient (Wildman–Crippen LogP) is 0.343. The van der Waals surface area contributed by atoms with Gasteiger partial charge in [-0.05, 0) is 25.0 Å². The minimum atomic E-state index is -1.13. The summed E-state index contributed by atoms with van der Waals surface area (Å²) in [6.07, 6.45) is 2.90. The van der Waals surface area contributed by atoms with Gasteiger partial charge in [0.05, 0.1) is 0 Å². The van der Waals surface area contributed by atoms with Crippen LogP contribution in [0.15, 0.2) is 18.3 Å². The van der Waals surface area contributed by atoms with E-state index >= 15 is 0 Å². The Bertz CT molecular complexity index is 467. The summed E-state index contributed by atoms with van der Waals surface area (Å²) in [5.41, 5.74) is 6.02. The molecule has 2 heterocycles. The van der Waals surface area contributed by atoms with Crippen molar-refractivity contribution in [2.75, 3.05) is 13.1 Å². The highest BCUT2D eigenvalue weighted by molar-refractivity contribution is 5.96. The molecular formula is C12H15N3O3. The number of hydrogen-bond acceptors (Lipinski definition) is 4. The van der Waals surface area contributed by atoms with E-state index < -0.39 is 5.97 Å². The lowest BCUT2D eigenvalue weighted by Gasteiger charge is -2.30. The first kappa shape index (κ1) is 12.5. The highest BCUT2D eigenvalue weighted by Crippen LogP contribution is 2.13. The van der Waals surface area contributed by atoms with E-state index in [9.17, 15) is 9.59 Å². The summed E-state index contributed by atoms with van der Waals surface area (Å²) >= 11 is 0. The largest absolute Gasteiger partial charge is 0.477 e. The fraction of sp³-hybridized carbons (Fsp3) is 0.417. The number of pyridine rings is 1. The minimum Gasteiger partial charge on any atom is -0.477 e. The maximum atomic E-state index is 12.1. The second-order valence-corrected chi connectivity index (χ2v) is 4.36. The number of carboxylic acids is 1. The van der Waals surface area contributed by atoms with Gasteiger partial charge in [-0.15, -0.1) is 0 Å². The first-order valence-electron chi connectivity index (χ1n) is 5.82. The summed E-state index contributed by atoms with van der Waals surface area (Å²) < 4.78 is 0. The number of carbonyl (C=O) groups is 2. The van der Waals surface area contributed by atoms with Crippen LogP contribution in [0.3, 0.4) is 0 Å². The summed E-state index contributed by atoms with van der Waals surface area (Å²) in [5, 5.41) is 8.83. The Morgan fingerprint density at radius 3 is 2.67 bits per heavy atom. The van der Waals surface area contributed by atoms with Gasteiger partial charge < -0.3 is 15.7 Å². The van der Waals surface area contributed by atoms with Gasteiger partial charge in [-0.3, -0.25) is 4.79 Å². The topological polar surface area (TPSA) is 96.5 Å². The number of aromatic nitrogens is 1. The Kier molecular flexibility index (Phi) is 3.57. The van der Waals surface area contributed by atoms with Crippen LogP contribution in [0.25, 0.3) is 0 Å². The molecule has 1 aromatic rings. The normalized spacial score (nSPS) is 16.6. The second kappa shape index (κ2) is 5.14. The van der Waals surface area contributed by atoms with E-state index in [0.717, 1.165) is 12.8 Å². The number of nitrogens with zero attached hydrogens (tertiary/aromatic N) is 2. The molecule has 0 atom stereocenters. The Hall–Kier alpha value is -1.95. The van der Waals surface area contributed by atoms with Crippen LogP contribution in [-0.2, 0) is 0 Å². The molecule has 18 heavy (non-hydrogen) atoms. The summed E-state index contributed by atoms with van der Waals surface area (Å²) in [6, 6.07) is 2.99. The van der Waals surface area contributed by atoms with E-state index in [2.05, 4.69) is 4.98 Å². The molecule has 0 saturated carbocycles. The smallest absolute Gasteiger partial charge is 0.354 e. The van der Waals surface area contributed by atoms with Crippen LogP contribution in [0.1, 0.15) is 33.7 Å². The zero-order valence-corrected chi connectivity index (χ0v) is 9.87. The zero-order chi connectivity index (χ0) is 13.1. The number of likely N-dealkylation sites (tertiary alicyclic amines) is 1. The highest BCUT2D eigenvalue weighted by atomic mass is 16.4. The lowest BCUT2D eigenvalue weighted by molar-refractivity contribution is 0.0690. The number of aromatic carboxylic acids is 1. The van der Waals surface area contributed by atoms with Crippen LogP contribution >= 0.6 is 0 Å². The number of carboxylic acid groups (broad SMARTS) is 1. The van der Waals surface area contributed by atoms with Gasteiger partial charge in [0.25, 0.3) is 5.91 Å². The third-order valence-electron chi connectivity index (χ3n) is 3.05. The molecule has 0 aromatic carbocycles. The van der Waals surface area contributed by atoms with Gasteiger partial charge in [0.1, 0.15) is 5.69 Å². The Morgan fingerprint density at radius 2 is 2.06 bits per heavy atom. The lowest BCUT2D eigenvalue weighted by Crippen LogP contribution is -2.42. The molecule has 0 radical (unpaired) electrons. The van der Waals surface area contributed by atoms with Crippen LogP contribution in [-0.4, -0.2) is 46.0 Å². The number of piperidine rings is 1. The molecular weight excluding hydrogens is 234 g/mol. The van der Waals surface area contributed by atoms with Crippen LogP contribution < -0.4 is 5.73 Å². The summed E-state index contributed by atoms with van der Waals surface area (Å²) in [5.74, 6) is -1.29. The average Bonchev–Trinajstić information content (AvgIpc) is 2.39. The van der Waals surface area contributed by atoms with Crippen molar-refractivity contribution >= 4 is 11.9 Å². The van der Waals surface area contributed by atoms with Gasteiger partial charge in [0.15, 0.2) is 0 Å². The van der Waals surface area contributed by atoms with Gasteiger partial charge in [-0.1, -0.05) is 0 Å². The fourth-order valence-corrected chi connectivity index (χ4v) is 1.97. The number of nitrogens with two attached hydrogens (primary N) is 1. The number of hydrogen-bond donors (Lipinski definition) is 2. The van der Waals surface area contributed by atoms with Crippen LogP contribution in [0, 0.1) is 0 Å². The molecule has 1 aromatic heterocycles. The van der Waals surface area contributed by atoms with E-state index in [0.29, 0.717) is 18.7 Å². The minimum absolute atomic E-state index is 0.116. The van der Waals surface area contributed by atoms with Crippen LogP contribution in [0.2, 0.25) is 0 Å². The Labute approximate surface area is 104 Å². The van der Waals surface area contributed by atoms with Gasteiger partial charge >= 0.3 is 5.97 Å². The van der Waals surface area contributed by atoms with E-state index in [1.54, 1.807) is 4.90 Å². The summed E-state index contributed by atoms with van der Waals surface area (Å²) in [4.78, 5) is 28.3. The van der Waals surface area contributed by atoms with Gasteiger partial charge in [-0.2, -0.15) is 0 Å². The predicted molar refractivity (Wildman–Crippen MR) is 64.3 cm³/mol. The molecule has 6 heteroatoms. The average molecular weight is 249 g/mol. The van der Waals surface area contributed by atoms with Crippen molar-refractivity contribution in [3.63, 3.8) is 0 Å². The molecule has 1 saturated heterocycles. The molecule has 3 N–H and O–H groups in total. The van der Waals surface area contributed by atoms with Crippen molar-refractivity contribution in [1.29, 1.82) is 0 Å². The zero-order valence-electron chi connectivity index (χ0n) is 9.87. The van der Waals surface area contributed by atoms with Gasteiger partial charge in [0, 0.05) is 30.9 Å². The van der Waals surface area contributed by atoms with E-state index in [4.69, 9.17) is 10.8 Å². The lowest BCUT2D eigenvalue weighted by atomic mass is 10.1. The quantitative estimate of drug-likeness (QED) is 0.788. The van der Waals surface area contributed by atoms with Crippen molar-refractivity contribution in [1.82, 2.24) is 9.88 Å². The molecule has 1 aliphatic rings. The summed E-state index contributed by atoms with van der Waals surface area (Å²) in [7, 11) is 0. The van der Waals surface area contributed by atoms with Gasteiger partial charge in [-0.25, -0.2) is 9.78 Å². The molecule has 0 aliphatic carbocycles. The third kappa shape index (κ3) is 2.65. The molecule has 0 bridgehead atoms. The van der Waals surface area contributed by atoms with E-state index in [1.807, 2.05) is 0 Å². The molecule has 0 spiro atoms. The molecule has 2 rings (SSSR count). The Morgan fingerprint density at radius 1 is 1.39 bits per heavy atom. The van der Waals surface area contributed by atoms with Crippen molar-refractivity contribution < 1.29 is 14.7 Å². The van der Waals surface area contributed by atoms with Crippen molar-refractivity contribution in [2.24, 2.45) is 5.73 Å². The number of carbonyl (C=O) groups excluding carboxylic acids is 1. The first-order chi connectivity index (χ1) is 8.58. The summed E-state index contributed by atoms with van der Waals surface area (Å²) in [6.45, 7) is 1.23. The molecule has 96 valence electrons. The molecule has 1 aliphatic heterocycles. The number of amides is 1. The Balaban J connectivity index is 2.13. The van der Waals surface area contributed by atoms with Crippen molar-refractivity contribution in [3.8, 4) is 0 Å². The number of rotatable bonds is 2. The maximum Gasteiger partial charge on any atom is 0.354 e. The standard InChI is InChI=1S/C12H15N3O3/c13-9-2-5-15(6-3-9)11(16)8-1-4-14-10(7-8)12(17)18/h1,4,7,9H,2-3,5-6,13H2,(H,17,18). The molecule has 0 unspecified atom stereocenters. The van der Waals surface area contributed by atoms with Crippen LogP contribution in [0.4, 0.5) is 0 Å².